The molecule has 8 heteroatoms. The summed E-state index contributed by atoms with van der Waals surface area (Å²) in [5, 5.41) is 0. The summed E-state index contributed by atoms with van der Waals surface area (Å²) in [7, 11) is 5.84. The number of hydrogen-bond acceptors (Lipinski definition) is 5. The van der Waals surface area contributed by atoms with Crippen LogP contribution in [0.2, 0.25) is 0 Å². The van der Waals surface area contributed by atoms with Crippen LogP contribution in [-0.4, -0.2) is 41.6 Å². The minimum Gasteiger partial charge on any atom is -0.356 e. The summed E-state index contributed by atoms with van der Waals surface area (Å²) in [5.41, 5.74) is 2.07. The molecule has 0 unspecified atom stereocenters. The Labute approximate surface area is 240 Å². The molecule has 7 nitrogen and oxygen atoms in total. The molecule has 2 heterocycles. The summed E-state index contributed by atoms with van der Waals surface area (Å²) >= 11 is 0. The first-order valence-electron chi connectivity index (χ1n) is 13.7. The molecule has 1 aromatic heterocycles. The molecule has 3 aromatic carbocycles. The summed E-state index contributed by atoms with van der Waals surface area (Å²) in [6.07, 6.45) is 2.52. The quantitative estimate of drug-likeness (QED) is 0.197. The molecule has 2 aliphatic rings. The maximum Gasteiger partial charge on any atom is 0.318 e. The monoisotopic (exact) mass is 546 g/mol. The number of aryl methyl sites for hydroxylation is 1. The van der Waals surface area contributed by atoms with Gasteiger partial charge in [0.15, 0.2) is 5.79 Å². The Bertz CT molecular complexity index is 1600. The van der Waals surface area contributed by atoms with Crippen LogP contribution in [0.5, 0.6) is 0 Å². The molecule has 41 heavy (non-hydrogen) atoms. The maximum atomic E-state index is 13.1. The Kier molecular flexibility index (Phi) is 6.94. The Hall–Kier alpha value is -3.98. The molecule has 206 valence electrons. The van der Waals surface area contributed by atoms with Crippen LogP contribution in [0.3, 0.4) is 0 Å². The first kappa shape index (κ1) is 27.2. The van der Waals surface area contributed by atoms with Gasteiger partial charge in [-0.05, 0) is 43.0 Å². The number of nitrogens with zero attached hydrogens (tertiary/aromatic N) is 2. The second kappa shape index (κ2) is 10.5. The van der Waals surface area contributed by atoms with Crippen LogP contribution >= 0.6 is 0 Å². The van der Waals surface area contributed by atoms with Gasteiger partial charge in [-0.1, -0.05) is 97.1 Å². The van der Waals surface area contributed by atoms with Gasteiger partial charge in [0, 0.05) is 11.8 Å². The van der Waals surface area contributed by atoms with Gasteiger partial charge in [0.25, 0.3) is 0 Å². The van der Waals surface area contributed by atoms with E-state index >= 15 is 0 Å². The fourth-order valence-electron chi connectivity index (χ4n) is 6.00. The third kappa shape index (κ3) is 4.72. The van der Waals surface area contributed by atoms with Gasteiger partial charge in [-0.3, -0.25) is 9.36 Å². The second-order valence-electron chi connectivity index (χ2n) is 11.0. The molecular formula is C33H31BN2O5. The molecule has 1 saturated heterocycles. The topological polar surface area (TPSA) is 71.7 Å². The molecule has 2 radical (unpaired) electrons. The number of rotatable bonds is 7. The molecule has 0 saturated carbocycles. The molecular weight excluding hydrogens is 515 g/mol. The number of aromatic nitrogens is 2. The van der Waals surface area contributed by atoms with Crippen LogP contribution in [0.15, 0.2) is 118 Å². The van der Waals surface area contributed by atoms with E-state index in [1.807, 2.05) is 74.5 Å². The normalized spacial score (nSPS) is 21.4. The first-order chi connectivity index (χ1) is 19.7. The molecule has 3 atom stereocenters. The molecule has 1 aliphatic heterocycles. The van der Waals surface area contributed by atoms with Crippen LogP contribution in [-0.2, 0) is 19.8 Å². The van der Waals surface area contributed by atoms with Crippen LogP contribution in [0.4, 0.5) is 0 Å². The van der Waals surface area contributed by atoms with Crippen molar-refractivity contribution in [1.82, 2.24) is 9.05 Å². The summed E-state index contributed by atoms with van der Waals surface area (Å²) < 4.78 is 21.8. The lowest BCUT2D eigenvalue weighted by molar-refractivity contribution is -0.148. The Morgan fingerprint density at radius 3 is 1.88 bits per heavy atom. The minimum absolute atomic E-state index is 0.200. The van der Waals surface area contributed by atoms with Crippen molar-refractivity contribution in [2.45, 2.75) is 50.4 Å². The second-order valence-corrected chi connectivity index (χ2v) is 11.0. The Morgan fingerprint density at radius 2 is 1.37 bits per heavy atom. The molecule has 0 N–H and O–H groups in total. The third-order valence-corrected chi connectivity index (χ3v) is 7.85. The molecule has 0 spiro atoms. The maximum absolute atomic E-state index is 13.1. The van der Waals surface area contributed by atoms with Crippen molar-refractivity contribution in [1.29, 1.82) is 0 Å². The number of ether oxygens (including phenoxy) is 3. The average molecular weight is 546 g/mol. The van der Waals surface area contributed by atoms with E-state index < -0.39 is 40.9 Å². The van der Waals surface area contributed by atoms with Crippen molar-refractivity contribution < 1.29 is 14.2 Å². The van der Waals surface area contributed by atoms with Crippen LogP contribution in [0.25, 0.3) is 0 Å². The van der Waals surface area contributed by atoms with Gasteiger partial charge in [-0.2, -0.15) is 0 Å². The van der Waals surface area contributed by atoms with E-state index in [9.17, 15) is 9.59 Å². The van der Waals surface area contributed by atoms with Crippen molar-refractivity contribution in [3.05, 3.63) is 152 Å². The Balaban J connectivity index is 1.46. The lowest BCUT2D eigenvalue weighted by Gasteiger charge is -2.36. The number of benzene rings is 3. The molecule has 0 amide bonds. The van der Waals surface area contributed by atoms with Crippen molar-refractivity contribution >= 4 is 7.98 Å². The standard InChI is InChI=1S/C33H31BN2O5/c1-22-20-35(31(38)36(34)30(22)37)27-19-23(28-29(27)41-32(2,3)40-28)21-39-33(24-13-7-4-8-14-24,25-15-9-5-10-16-25)26-17-11-6-12-18-26/h4-20,27-29H,21H2,1-3H3/t27-,28-,29+/m1/s1. The van der Waals surface area contributed by atoms with Gasteiger partial charge in [-0.25, -0.2) is 4.79 Å². The molecule has 4 aromatic rings. The predicted octanol–water partition coefficient (Wildman–Crippen LogP) is 4.26. The van der Waals surface area contributed by atoms with Crippen LogP contribution in [0.1, 0.15) is 42.1 Å². The lowest BCUT2D eigenvalue weighted by Crippen LogP contribution is -2.43. The van der Waals surface area contributed by atoms with Gasteiger partial charge in [-0.15, -0.1) is 0 Å². The highest BCUT2D eigenvalue weighted by atomic mass is 16.8. The van der Waals surface area contributed by atoms with Crippen molar-refractivity contribution in [3.8, 4) is 0 Å². The van der Waals surface area contributed by atoms with Crippen molar-refractivity contribution in [2.24, 2.45) is 0 Å². The summed E-state index contributed by atoms with van der Waals surface area (Å²) in [4.78, 5) is 25.4. The van der Waals surface area contributed by atoms with E-state index in [2.05, 4.69) is 36.4 Å². The summed E-state index contributed by atoms with van der Waals surface area (Å²) in [6.45, 7) is 5.53. The average Bonchev–Trinajstić information content (AvgIpc) is 3.48. The summed E-state index contributed by atoms with van der Waals surface area (Å²) in [5.74, 6) is -0.877. The van der Waals surface area contributed by atoms with Crippen LogP contribution < -0.4 is 11.2 Å². The van der Waals surface area contributed by atoms with Crippen molar-refractivity contribution in [2.75, 3.05) is 6.61 Å². The molecule has 0 bridgehead atoms. The third-order valence-electron chi connectivity index (χ3n) is 7.85. The molecule has 6 rings (SSSR count). The number of fused-ring (bicyclic) bond motifs is 1. The fraction of sp³-hybridized carbons (Fsp3) is 0.273. The number of hydrogen-bond donors (Lipinski definition) is 0. The van der Waals surface area contributed by atoms with Gasteiger partial charge in [0.05, 0.1) is 12.6 Å². The SMILES string of the molecule is [B]n1c(=O)c(C)cn([C@@H]2C=C(COC(c3ccccc3)(c3ccccc3)c3ccccc3)[C@H]3OC(C)(C)O[C@H]32)c1=O. The van der Waals surface area contributed by atoms with Gasteiger partial charge >= 0.3 is 5.69 Å². The fourth-order valence-corrected chi connectivity index (χ4v) is 6.00. The van der Waals surface area contributed by atoms with E-state index in [4.69, 9.17) is 22.2 Å². The van der Waals surface area contributed by atoms with E-state index in [0.29, 0.717) is 10.0 Å². The lowest BCUT2D eigenvalue weighted by atomic mass is 9.80. The van der Waals surface area contributed by atoms with E-state index in [0.717, 1.165) is 22.3 Å². The van der Waals surface area contributed by atoms with E-state index in [1.54, 1.807) is 6.92 Å². The largest absolute Gasteiger partial charge is 0.356 e. The molecule has 1 fully saturated rings. The van der Waals surface area contributed by atoms with Crippen LogP contribution in [0, 0.1) is 6.92 Å². The predicted molar refractivity (Wildman–Crippen MR) is 157 cm³/mol. The summed E-state index contributed by atoms with van der Waals surface area (Å²) in [6, 6.07) is 29.9. The zero-order chi connectivity index (χ0) is 28.8. The highest BCUT2D eigenvalue weighted by Crippen LogP contribution is 2.45. The highest BCUT2D eigenvalue weighted by molar-refractivity contribution is 6.06. The van der Waals surface area contributed by atoms with Gasteiger partial charge in [0.2, 0.25) is 13.5 Å². The minimum atomic E-state index is -0.926. The highest BCUT2D eigenvalue weighted by Gasteiger charge is 2.51. The van der Waals surface area contributed by atoms with E-state index in [-0.39, 0.29) is 6.61 Å². The Morgan fingerprint density at radius 1 is 0.854 bits per heavy atom. The first-order valence-corrected chi connectivity index (χ1v) is 13.7. The van der Waals surface area contributed by atoms with E-state index in [1.165, 1.54) is 10.8 Å². The van der Waals surface area contributed by atoms with Gasteiger partial charge < -0.3 is 18.7 Å². The smallest absolute Gasteiger partial charge is 0.318 e. The zero-order valence-corrected chi connectivity index (χ0v) is 23.3. The van der Waals surface area contributed by atoms with Gasteiger partial charge in [0.1, 0.15) is 17.8 Å². The van der Waals surface area contributed by atoms with Crippen molar-refractivity contribution in [3.63, 3.8) is 0 Å². The zero-order valence-electron chi connectivity index (χ0n) is 23.3. The molecule has 1 aliphatic carbocycles.